The van der Waals surface area contributed by atoms with Crippen molar-refractivity contribution in [1.29, 1.82) is 0 Å². The van der Waals surface area contributed by atoms with Gasteiger partial charge in [0.05, 0.1) is 6.61 Å². The zero-order valence-electron chi connectivity index (χ0n) is 11.3. The summed E-state index contributed by atoms with van der Waals surface area (Å²) in [6.07, 6.45) is 9.54. The van der Waals surface area contributed by atoms with Crippen LogP contribution in [0.3, 0.4) is 0 Å². The monoisotopic (exact) mass is 227 g/mol. The summed E-state index contributed by atoms with van der Waals surface area (Å²) in [5.41, 5.74) is 0. The summed E-state index contributed by atoms with van der Waals surface area (Å²) < 4.78 is 5.28. The molecule has 0 aromatic heterocycles. The molecular formula is C14H29NO. The van der Waals surface area contributed by atoms with E-state index >= 15 is 0 Å². The highest BCUT2D eigenvalue weighted by atomic mass is 16.5. The van der Waals surface area contributed by atoms with Gasteiger partial charge in [-0.15, -0.1) is 0 Å². The molecule has 1 aliphatic carbocycles. The largest absolute Gasteiger partial charge is 0.383 e. The fraction of sp³-hybridized carbons (Fsp3) is 1.00. The molecule has 0 spiro atoms. The summed E-state index contributed by atoms with van der Waals surface area (Å²) in [5, 5.41) is 3.73. The molecule has 2 unspecified atom stereocenters. The number of hydrogen-bond donors (Lipinski definition) is 1. The van der Waals surface area contributed by atoms with Crippen LogP contribution in [0.4, 0.5) is 0 Å². The molecule has 0 aromatic carbocycles. The molecule has 96 valence electrons. The van der Waals surface area contributed by atoms with Crippen molar-refractivity contribution in [3.8, 4) is 0 Å². The number of unbranched alkanes of at least 4 members (excludes halogenated alkanes) is 1. The molecule has 16 heavy (non-hydrogen) atoms. The number of hydrogen-bond acceptors (Lipinski definition) is 2. The summed E-state index contributed by atoms with van der Waals surface area (Å²) in [6, 6.07) is 1.21. The van der Waals surface area contributed by atoms with E-state index in [0.29, 0.717) is 12.1 Å². The Kier molecular flexibility index (Phi) is 7.06. The number of nitrogens with one attached hydrogen (secondary N) is 1. The summed E-state index contributed by atoms with van der Waals surface area (Å²) in [6.45, 7) is 5.43. The van der Waals surface area contributed by atoms with Gasteiger partial charge >= 0.3 is 0 Å². The third kappa shape index (κ3) is 5.31. The lowest BCUT2D eigenvalue weighted by Crippen LogP contribution is -2.41. The average molecular weight is 227 g/mol. The quantitative estimate of drug-likeness (QED) is 0.652. The van der Waals surface area contributed by atoms with E-state index < -0.39 is 0 Å². The van der Waals surface area contributed by atoms with Gasteiger partial charge in [-0.3, -0.25) is 0 Å². The Labute approximate surface area is 101 Å². The fourth-order valence-electron chi connectivity index (χ4n) is 2.57. The molecule has 0 amide bonds. The van der Waals surface area contributed by atoms with E-state index in [9.17, 15) is 0 Å². The molecule has 0 heterocycles. The topological polar surface area (TPSA) is 21.3 Å². The highest BCUT2D eigenvalue weighted by Gasteiger charge is 2.21. The van der Waals surface area contributed by atoms with E-state index in [1.165, 1.54) is 44.9 Å². The van der Waals surface area contributed by atoms with Crippen LogP contribution < -0.4 is 5.32 Å². The van der Waals surface area contributed by atoms with Crippen molar-refractivity contribution in [2.75, 3.05) is 13.7 Å². The Morgan fingerprint density at radius 1 is 1.38 bits per heavy atom. The number of methoxy groups -OCH3 is 1. The van der Waals surface area contributed by atoms with Crippen LogP contribution in [0.2, 0.25) is 0 Å². The maximum absolute atomic E-state index is 5.28. The first-order valence-electron chi connectivity index (χ1n) is 7.01. The van der Waals surface area contributed by atoms with Crippen molar-refractivity contribution in [3.05, 3.63) is 0 Å². The van der Waals surface area contributed by atoms with Gasteiger partial charge in [0.1, 0.15) is 0 Å². The predicted octanol–water partition coefficient (Wildman–Crippen LogP) is 3.36. The van der Waals surface area contributed by atoms with Crippen LogP contribution in [0.5, 0.6) is 0 Å². The SMILES string of the molecule is CCCCC(COC)NC(C)CC1CCC1. The molecule has 1 fully saturated rings. The maximum atomic E-state index is 5.28. The lowest BCUT2D eigenvalue weighted by molar-refractivity contribution is 0.150. The van der Waals surface area contributed by atoms with E-state index in [1.807, 2.05) is 0 Å². The normalized spacial score (nSPS) is 20.4. The van der Waals surface area contributed by atoms with Gasteiger partial charge in [0.25, 0.3) is 0 Å². The second-order valence-corrected chi connectivity index (χ2v) is 5.39. The van der Waals surface area contributed by atoms with Crippen molar-refractivity contribution in [1.82, 2.24) is 5.32 Å². The van der Waals surface area contributed by atoms with Crippen LogP contribution in [-0.4, -0.2) is 25.8 Å². The average Bonchev–Trinajstić information content (AvgIpc) is 2.20. The van der Waals surface area contributed by atoms with Crippen molar-refractivity contribution < 1.29 is 4.74 Å². The molecule has 1 N–H and O–H groups in total. The summed E-state index contributed by atoms with van der Waals surface area (Å²) >= 11 is 0. The lowest BCUT2D eigenvalue weighted by atomic mass is 9.81. The second-order valence-electron chi connectivity index (χ2n) is 5.39. The molecule has 0 bridgehead atoms. The molecule has 2 heteroatoms. The third-order valence-electron chi connectivity index (χ3n) is 3.71. The molecule has 2 nitrogen and oxygen atoms in total. The van der Waals surface area contributed by atoms with Crippen LogP contribution in [0.1, 0.15) is 58.8 Å². The van der Waals surface area contributed by atoms with Crippen molar-refractivity contribution in [3.63, 3.8) is 0 Å². The van der Waals surface area contributed by atoms with Gasteiger partial charge in [-0.2, -0.15) is 0 Å². The fourth-order valence-corrected chi connectivity index (χ4v) is 2.57. The Balaban J connectivity index is 2.16. The van der Waals surface area contributed by atoms with Gasteiger partial charge in [-0.25, -0.2) is 0 Å². The summed E-state index contributed by atoms with van der Waals surface area (Å²) in [7, 11) is 1.80. The van der Waals surface area contributed by atoms with Crippen molar-refractivity contribution >= 4 is 0 Å². The first-order valence-corrected chi connectivity index (χ1v) is 7.01. The van der Waals surface area contributed by atoms with Crippen LogP contribution >= 0.6 is 0 Å². The first-order chi connectivity index (χ1) is 7.76. The molecule has 1 rings (SSSR count). The van der Waals surface area contributed by atoms with Gasteiger partial charge in [0.15, 0.2) is 0 Å². The highest BCUT2D eigenvalue weighted by molar-refractivity contribution is 4.77. The van der Waals surface area contributed by atoms with Gasteiger partial charge in [-0.1, -0.05) is 39.0 Å². The molecule has 1 aliphatic rings. The van der Waals surface area contributed by atoms with E-state index in [1.54, 1.807) is 7.11 Å². The Hall–Kier alpha value is -0.0800. The molecule has 0 saturated heterocycles. The minimum absolute atomic E-state index is 0.556. The van der Waals surface area contributed by atoms with E-state index in [2.05, 4.69) is 19.2 Å². The lowest BCUT2D eigenvalue weighted by Gasteiger charge is -2.30. The molecule has 0 radical (unpaired) electrons. The van der Waals surface area contributed by atoms with E-state index in [-0.39, 0.29) is 0 Å². The zero-order chi connectivity index (χ0) is 11.8. The highest BCUT2D eigenvalue weighted by Crippen LogP contribution is 2.30. The zero-order valence-corrected chi connectivity index (χ0v) is 11.3. The standard InChI is InChI=1S/C14H29NO/c1-4-5-9-14(11-16-3)15-12(2)10-13-7-6-8-13/h12-15H,4-11H2,1-3H3. The Morgan fingerprint density at radius 2 is 2.12 bits per heavy atom. The minimum atomic E-state index is 0.556. The first kappa shape index (κ1) is 14.0. The van der Waals surface area contributed by atoms with E-state index in [4.69, 9.17) is 4.74 Å². The van der Waals surface area contributed by atoms with Crippen molar-refractivity contribution in [2.45, 2.75) is 70.9 Å². The van der Waals surface area contributed by atoms with Gasteiger partial charge in [-0.05, 0) is 25.7 Å². The predicted molar refractivity (Wildman–Crippen MR) is 69.7 cm³/mol. The molecular weight excluding hydrogens is 198 g/mol. The maximum Gasteiger partial charge on any atom is 0.0615 e. The number of rotatable bonds is 9. The Morgan fingerprint density at radius 3 is 2.62 bits per heavy atom. The summed E-state index contributed by atoms with van der Waals surface area (Å²) in [4.78, 5) is 0. The molecule has 0 aliphatic heterocycles. The molecule has 2 atom stereocenters. The minimum Gasteiger partial charge on any atom is -0.383 e. The third-order valence-corrected chi connectivity index (χ3v) is 3.71. The van der Waals surface area contributed by atoms with Gasteiger partial charge in [0.2, 0.25) is 0 Å². The van der Waals surface area contributed by atoms with Crippen LogP contribution in [-0.2, 0) is 4.74 Å². The van der Waals surface area contributed by atoms with Gasteiger partial charge < -0.3 is 10.1 Å². The van der Waals surface area contributed by atoms with Crippen LogP contribution in [0.25, 0.3) is 0 Å². The molecule has 1 saturated carbocycles. The van der Waals surface area contributed by atoms with E-state index in [0.717, 1.165) is 12.5 Å². The smallest absolute Gasteiger partial charge is 0.0615 e. The Bertz CT molecular complexity index is 168. The van der Waals surface area contributed by atoms with Crippen LogP contribution in [0, 0.1) is 5.92 Å². The van der Waals surface area contributed by atoms with Crippen molar-refractivity contribution in [2.24, 2.45) is 5.92 Å². The summed E-state index contributed by atoms with van der Waals surface area (Å²) in [5.74, 6) is 0.997. The van der Waals surface area contributed by atoms with Crippen LogP contribution in [0.15, 0.2) is 0 Å². The second kappa shape index (κ2) is 8.08. The number of ether oxygens (including phenoxy) is 1. The molecule has 0 aromatic rings. The van der Waals surface area contributed by atoms with Gasteiger partial charge in [0, 0.05) is 19.2 Å².